The van der Waals surface area contributed by atoms with Crippen molar-refractivity contribution >= 4 is 11.8 Å². The lowest BCUT2D eigenvalue weighted by atomic mass is 10.2. The van der Waals surface area contributed by atoms with Gasteiger partial charge in [0.05, 0.1) is 12.7 Å². The molecule has 1 aliphatic carbocycles. The molecule has 0 N–H and O–H groups in total. The topological polar surface area (TPSA) is 52.6 Å². The molecule has 4 nitrogen and oxygen atoms in total. The molecule has 1 saturated carbocycles. The van der Waals surface area contributed by atoms with Gasteiger partial charge < -0.3 is 9.47 Å². The van der Waals surface area contributed by atoms with E-state index in [1.54, 1.807) is 0 Å². The molecule has 19 heavy (non-hydrogen) atoms. The quantitative estimate of drug-likeness (QED) is 0.790. The maximum Gasteiger partial charge on any atom is 0.338 e. The Kier molecular flexibility index (Phi) is 3.78. The molecule has 1 aromatic carbocycles. The summed E-state index contributed by atoms with van der Waals surface area (Å²) in [5.74, 6) is -3.36. The van der Waals surface area contributed by atoms with Crippen LogP contribution >= 0.6 is 0 Å². The SMILES string of the molecule is COC(=O)c1cc(F)c(OC2CCC(=O)C2)c(F)c1. The minimum absolute atomic E-state index is 0.0111. The van der Waals surface area contributed by atoms with Gasteiger partial charge in [0.2, 0.25) is 0 Å². The molecule has 0 saturated heterocycles. The summed E-state index contributed by atoms with van der Waals surface area (Å²) in [4.78, 5) is 22.2. The van der Waals surface area contributed by atoms with E-state index < -0.39 is 29.5 Å². The van der Waals surface area contributed by atoms with Crippen molar-refractivity contribution in [3.05, 3.63) is 29.3 Å². The largest absolute Gasteiger partial charge is 0.484 e. The third-order valence-electron chi connectivity index (χ3n) is 2.90. The van der Waals surface area contributed by atoms with Crippen LogP contribution in [0.15, 0.2) is 12.1 Å². The molecule has 6 heteroatoms. The number of benzene rings is 1. The first-order valence-corrected chi connectivity index (χ1v) is 5.77. The Morgan fingerprint density at radius 3 is 2.42 bits per heavy atom. The van der Waals surface area contributed by atoms with Crippen molar-refractivity contribution in [2.75, 3.05) is 7.11 Å². The fourth-order valence-electron chi connectivity index (χ4n) is 1.96. The number of ketones is 1. The molecule has 0 spiro atoms. The molecule has 1 aromatic rings. The fraction of sp³-hybridized carbons (Fsp3) is 0.385. The number of esters is 1. The Labute approximate surface area is 108 Å². The minimum Gasteiger partial charge on any atom is -0.484 e. The monoisotopic (exact) mass is 270 g/mol. The van der Waals surface area contributed by atoms with Gasteiger partial charge in [-0.2, -0.15) is 0 Å². The molecule has 1 aliphatic rings. The number of hydrogen-bond donors (Lipinski definition) is 0. The Morgan fingerprint density at radius 2 is 1.95 bits per heavy atom. The highest BCUT2D eigenvalue weighted by atomic mass is 19.1. The second kappa shape index (κ2) is 5.34. The highest BCUT2D eigenvalue weighted by Crippen LogP contribution is 2.28. The summed E-state index contributed by atoms with van der Waals surface area (Å²) in [6.45, 7) is 0. The molecule has 1 fully saturated rings. The van der Waals surface area contributed by atoms with Gasteiger partial charge in [0, 0.05) is 12.8 Å². The number of hydrogen-bond acceptors (Lipinski definition) is 4. The summed E-state index contributed by atoms with van der Waals surface area (Å²) in [7, 11) is 1.12. The van der Waals surface area contributed by atoms with Crippen LogP contribution in [0.4, 0.5) is 8.78 Å². The molecule has 0 aromatic heterocycles. The summed E-state index contributed by atoms with van der Waals surface area (Å²) < 4.78 is 36.9. The minimum atomic E-state index is -0.986. The summed E-state index contributed by atoms with van der Waals surface area (Å²) in [5, 5.41) is 0. The molecule has 0 radical (unpaired) electrons. The second-order valence-corrected chi connectivity index (χ2v) is 4.28. The Balaban J connectivity index is 2.22. The van der Waals surface area contributed by atoms with E-state index in [2.05, 4.69) is 4.74 Å². The molecule has 1 atom stereocenters. The van der Waals surface area contributed by atoms with E-state index in [1.807, 2.05) is 0 Å². The summed E-state index contributed by atoms with van der Waals surface area (Å²) >= 11 is 0. The number of Topliss-reactive ketones (excluding diaryl/α,β-unsaturated/α-hetero) is 1. The number of carbonyl (C=O) groups is 2. The van der Waals surface area contributed by atoms with Crippen LogP contribution in [0.5, 0.6) is 5.75 Å². The first-order valence-electron chi connectivity index (χ1n) is 5.77. The third kappa shape index (κ3) is 2.89. The maximum atomic E-state index is 13.7. The number of methoxy groups -OCH3 is 1. The molecule has 2 rings (SSSR count). The van der Waals surface area contributed by atoms with Crippen LogP contribution in [0, 0.1) is 11.6 Å². The Morgan fingerprint density at radius 1 is 1.32 bits per heavy atom. The highest BCUT2D eigenvalue weighted by Gasteiger charge is 2.26. The van der Waals surface area contributed by atoms with Crippen LogP contribution in [-0.2, 0) is 9.53 Å². The van der Waals surface area contributed by atoms with Gasteiger partial charge in [-0.3, -0.25) is 4.79 Å². The number of halogens is 2. The number of ether oxygens (including phenoxy) is 2. The van der Waals surface area contributed by atoms with Crippen molar-refractivity contribution in [1.82, 2.24) is 0 Å². The fourth-order valence-corrected chi connectivity index (χ4v) is 1.96. The van der Waals surface area contributed by atoms with Gasteiger partial charge in [-0.15, -0.1) is 0 Å². The lowest BCUT2D eigenvalue weighted by Crippen LogP contribution is -2.15. The zero-order valence-corrected chi connectivity index (χ0v) is 10.2. The van der Waals surface area contributed by atoms with E-state index in [0.29, 0.717) is 12.8 Å². The van der Waals surface area contributed by atoms with E-state index in [-0.39, 0.29) is 17.8 Å². The van der Waals surface area contributed by atoms with Gasteiger partial charge in [0.1, 0.15) is 11.9 Å². The van der Waals surface area contributed by atoms with Crippen molar-refractivity contribution < 1.29 is 27.8 Å². The predicted octanol–water partition coefficient (Wildman–Crippen LogP) is 2.25. The lowest BCUT2D eigenvalue weighted by Gasteiger charge is -2.14. The van der Waals surface area contributed by atoms with Crippen LogP contribution in [0.3, 0.4) is 0 Å². The summed E-state index contributed by atoms with van der Waals surface area (Å²) in [6, 6.07) is 1.70. The van der Waals surface area contributed by atoms with Crippen molar-refractivity contribution in [3.8, 4) is 5.75 Å². The summed E-state index contributed by atoms with van der Waals surface area (Å²) in [5.41, 5.74) is -0.229. The van der Waals surface area contributed by atoms with E-state index in [4.69, 9.17) is 4.74 Å². The molecule has 1 unspecified atom stereocenters. The van der Waals surface area contributed by atoms with Crippen molar-refractivity contribution in [2.45, 2.75) is 25.4 Å². The summed E-state index contributed by atoms with van der Waals surface area (Å²) in [6.07, 6.45) is 0.433. The molecule has 0 amide bonds. The van der Waals surface area contributed by atoms with E-state index in [0.717, 1.165) is 19.2 Å². The van der Waals surface area contributed by atoms with Crippen molar-refractivity contribution in [2.24, 2.45) is 0 Å². The van der Waals surface area contributed by atoms with Crippen LogP contribution in [0.1, 0.15) is 29.6 Å². The van der Waals surface area contributed by atoms with Crippen LogP contribution < -0.4 is 4.74 Å². The Bertz CT molecular complexity index is 504. The Hall–Kier alpha value is -1.98. The third-order valence-corrected chi connectivity index (χ3v) is 2.90. The van der Waals surface area contributed by atoms with Crippen LogP contribution in [0.25, 0.3) is 0 Å². The maximum absolute atomic E-state index is 13.7. The molecular formula is C13H12F2O4. The van der Waals surface area contributed by atoms with E-state index in [9.17, 15) is 18.4 Å². The molecule has 0 bridgehead atoms. The average Bonchev–Trinajstić information content (AvgIpc) is 2.78. The van der Waals surface area contributed by atoms with Gasteiger partial charge in [0.25, 0.3) is 0 Å². The van der Waals surface area contributed by atoms with Gasteiger partial charge >= 0.3 is 5.97 Å². The predicted molar refractivity (Wildman–Crippen MR) is 61.0 cm³/mol. The molecule has 0 aliphatic heterocycles. The van der Waals surface area contributed by atoms with Crippen molar-refractivity contribution in [1.29, 1.82) is 0 Å². The molecule has 0 heterocycles. The zero-order valence-electron chi connectivity index (χ0n) is 10.2. The zero-order chi connectivity index (χ0) is 14.0. The van der Waals surface area contributed by atoms with E-state index >= 15 is 0 Å². The highest BCUT2D eigenvalue weighted by molar-refractivity contribution is 5.89. The smallest absolute Gasteiger partial charge is 0.338 e. The molecule has 102 valence electrons. The second-order valence-electron chi connectivity index (χ2n) is 4.28. The van der Waals surface area contributed by atoms with Gasteiger partial charge in [-0.1, -0.05) is 0 Å². The average molecular weight is 270 g/mol. The van der Waals surface area contributed by atoms with Crippen molar-refractivity contribution in [3.63, 3.8) is 0 Å². The normalized spacial score (nSPS) is 18.5. The van der Waals surface area contributed by atoms with Gasteiger partial charge in [0.15, 0.2) is 17.4 Å². The lowest BCUT2D eigenvalue weighted by molar-refractivity contribution is -0.117. The van der Waals surface area contributed by atoms with Crippen LogP contribution in [0.2, 0.25) is 0 Å². The van der Waals surface area contributed by atoms with Crippen LogP contribution in [-0.4, -0.2) is 25.0 Å². The number of carbonyl (C=O) groups excluding carboxylic acids is 2. The first kappa shape index (κ1) is 13.5. The van der Waals surface area contributed by atoms with E-state index in [1.165, 1.54) is 0 Å². The number of rotatable bonds is 3. The van der Waals surface area contributed by atoms with Gasteiger partial charge in [-0.05, 0) is 18.6 Å². The molecular weight excluding hydrogens is 258 g/mol. The van der Waals surface area contributed by atoms with Gasteiger partial charge in [-0.25, -0.2) is 13.6 Å². The first-order chi connectivity index (χ1) is 9.01. The standard InChI is InChI=1S/C13H12F2O4/c1-18-13(17)7-4-10(14)12(11(15)5-7)19-9-3-2-8(16)6-9/h4-5,9H,2-3,6H2,1H3.